The summed E-state index contributed by atoms with van der Waals surface area (Å²) < 4.78 is 23.6. The number of carbonyl (C=O) groups is 1. The minimum absolute atomic E-state index is 0.153. The summed E-state index contributed by atoms with van der Waals surface area (Å²) in [7, 11) is 0. The minimum atomic E-state index is -1.02. The van der Waals surface area contributed by atoms with Crippen LogP contribution in [0.15, 0.2) is 0 Å². The summed E-state index contributed by atoms with van der Waals surface area (Å²) in [5.74, 6) is -1.93. The number of pyridine rings is 1. The highest BCUT2D eigenvalue weighted by Crippen LogP contribution is 2.35. The number of aromatic nitrogens is 1. The van der Waals surface area contributed by atoms with E-state index in [0.29, 0.717) is 6.42 Å². The normalized spacial score (nSPS) is 13.7. The van der Waals surface area contributed by atoms with Crippen molar-refractivity contribution in [2.75, 3.05) is 5.73 Å². The third kappa shape index (κ3) is 3.86. The Morgan fingerprint density at radius 3 is 2.55 bits per heavy atom. The Kier molecular flexibility index (Phi) is 5.83. The number of rotatable bonds is 5. The van der Waals surface area contributed by atoms with Crippen LogP contribution in [0.5, 0.6) is 5.88 Å². The zero-order valence-electron chi connectivity index (χ0n) is 11.2. The Morgan fingerprint density at radius 2 is 2.00 bits per heavy atom. The Hall–Kier alpha value is -1.27. The predicted octanol–water partition coefficient (Wildman–Crippen LogP) is 3.22. The van der Waals surface area contributed by atoms with Gasteiger partial charge >= 0.3 is 5.97 Å². The zero-order valence-corrected chi connectivity index (χ0v) is 12.8. The molecule has 1 heterocycles. The monoisotopic (exact) mass is 324 g/mol. The third-order valence-electron chi connectivity index (χ3n) is 2.55. The number of nitrogens with two attached hydrogens (primary N) is 1. The summed E-state index contributed by atoms with van der Waals surface area (Å²) in [6.07, 6.45) is -0.585. The van der Waals surface area contributed by atoms with Gasteiger partial charge in [0.25, 0.3) is 0 Å². The van der Waals surface area contributed by atoms with Crippen LogP contribution < -0.4 is 10.5 Å². The van der Waals surface area contributed by atoms with Crippen molar-refractivity contribution in [2.24, 2.45) is 0 Å². The van der Waals surface area contributed by atoms with Crippen molar-refractivity contribution in [3.8, 4) is 5.88 Å². The number of nitrogen functional groups attached to an aromatic ring is 1. The molecule has 1 unspecified atom stereocenters. The molecule has 0 fully saturated rings. The van der Waals surface area contributed by atoms with Crippen molar-refractivity contribution >= 4 is 34.9 Å². The lowest BCUT2D eigenvalue weighted by molar-refractivity contribution is -0.156. The first-order chi connectivity index (χ1) is 9.27. The van der Waals surface area contributed by atoms with Gasteiger partial charge < -0.3 is 15.2 Å². The number of hydrogen-bond donors (Lipinski definition) is 1. The molecule has 8 heteroatoms. The van der Waals surface area contributed by atoms with E-state index >= 15 is 0 Å². The fourth-order valence-corrected chi connectivity index (χ4v) is 1.55. The van der Waals surface area contributed by atoms with Crippen LogP contribution in [0.2, 0.25) is 10.0 Å². The second kappa shape index (κ2) is 6.95. The molecule has 5 nitrogen and oxygen atoms in total. The molecular weight excluding hydrogens is 310 g/mol. The summed E-state index contributed by atoms with van der Waals surface area (Å²) in [6.45, 7) is 5.05. The molecule has 0 bridgehead atoms. The maximum Gasteiger partial charge on any atom is 0.347 e. The van der Waals surface area contributed by atoms with Gasteiger partial charge in [-0.1, -0.05) is 30.1 Å². The second-order valence-electron chi connectivity index (χ2n) is 4.17. The van der Waals surface area contributed by atoms with Crippen LogP contribution in [-0.2, 0) is 9.53 Å². The van der Waals surface area contributed by atoms with Gasteiger partial charge in [0.15, 0.2) is 6.10 Å². The lowest BCUT2D eigenvalue weighted by Gasteiger charge is -2.17. The molecule has 112 valence electrons. The Balaban J connectivity index is 2.86. The van der Waals surface area contributed by atoms with Crippen LogP contribution in [0, 0.1) is 5.95 Å². The predicted molar refractivity (Wildman–Crippen MR) is 74.6 cm³/mol. The Morgan fingerprint density at radius 1 is 1.40 bits per heavy atom. The molecule has 2 N–H and O–H groups in total. The van der Waals surface area contributed by atoms with Crippen LogP contribution in [0.1, 0.15) is 27.2 Å². The average molecular weight is 325 g/mol. The van der Waals surface area contributed by atoms with Gasteiger partial charge in [-0.05, 0) is 20.3 Å². The van der Waals surface area contributed by atoms with Crippen molar-refractivity contribution in [3.63, 3.8) is 0 Å². The number of nitrogens with zero attached hydrogens (tertiary/aromatic N) is 1. The van der Waals surface area contributed by atoms with Crippen LogP contribution in [-0.4, -0.2) is 23.2 Å². The maximum atomic E-state index is 13.4. The Labute approximate surface area is 126 Å². The van der Waals surface area contributed by atoms with Gasteiger partial charge in [-0.15, -0.1) is 0 Å². The molecule has 2 atom stereocenters. The Bertz CT molecular complexity index is 514. The van der Waals surface area contributed by atoms with Gasteiger partial charge in [0.05, 0.1) is 11.8 Å². The molecule has 1 aromatic heterocycles. The fourth-order valence-electron chi connectivity index (χ4n) is 1.18. The molecule has 0 saturated heterocycles. The first-order valence-electron chi connectivity index (χ1n) is 5.95. The molecule has 0 aliphatic rings. The maximum absolute atomic E-state index is 13.4. The van der Waals surface area contributed by atoms with E-state index in [2.05, 4.69) is 4.98 Å². The summed E-state index contributed by atoms with van der Waals surface area (Å²) in [4.78, 5) is 15.1. The molecule has 0 radical (unpaired) electrons. The molecule has 0 amide bonds. The number of hydrogen-bond acceptors (Lipinski definition) is 5. The van der Waals surface area contributed by atoms with Gasteiger partial charge in [0, 0.05) is 0 Å². The first kappa shape index (κ1) is 16.8. The quantitative estimate of drug-likeness (QED) is 0.664. The number of ether oxygens (including phenoxy) is 2. The SMILES string of the molecule is CCC(C)OC(=O)[C@@H](C)Oc1nc(F)c(Cl)c(N)c1Cl. The minimum Gasteiger partial charge on any atom is -0.461 e. The van der Waals surface area contributed by atoms with Gasteiger partial charge in [0.1, 0.15) is 10.0 Å². The molecular formula is C12H15Cl2FN2O3. The van der Waals surface area contributed by atoms with Crippen molar-refractivity contribution < 1.29 is 18.7 Å². The molecule has 0 aromatic carbocycles. The molecule has 0 aliphatic heterocycles. The number of halogens is 3. The molecule has 0 spiro atoms. The topological polar surface area (TPSA) is 74.4 Å². The summed E-state index contributed by atoms with van der Waals surface area (Å²) in [5, 5.41) is -0.545. The van der Waals surface area contributed by atoms with E-state index in [1.807, 2.05) is 6.92 Å². The summed E-state index contributed by atoms with van der Waals surface area (Å²) in [6, 6.07) is 0. The van der Waals surface area contributed by atoms with Crippen molar-refractivity contribution in [1.29, 1.82) is 0 Å². The molecule has 0 saturated carbocycles. The van der Waals surface area contributed by atoms with E-state index < -0.39 is 23.0 Å². The average Bonchev–Trinajstić information content (AvgIpc) is 2.41. The van der Waals surface area contributed by atoms with E-state index in [1.54, 1.807) is 6.92 Å². The summed E-state index contributed by atoms with van der Waals surface area (Å²) >= 11 is 11.4. The van der Waals surface area contributed by atoms with Gasteiger partial charge in [-0.3, -0.25) is 0 Å². The van der Waals surface area contributed by atoms with Crippen LogP contribution >= 0.6 is 23.2 Å². The van der Waals surface area contributed by atoms with Crippen molar-refractivity contribution in [3.05, 3.63) is 16.0 Å². The van der Waals surface area contributed by atoms with Crippen LogP contribution in [0.25, 0.3) is 0 Å². The van der Waals surface area contributed by atoms with Crippen LogP contribution in [0.4, 0.5) is 10.1 Å². The number of carbonyl (C=O) groups excluding carboxylic acids is 1. The van der Waals surface area contributed by atoms with Gasteiger partial charge in [-0.2, -0.15) is 9.37 Å². The molecule has 0 aliphatic carbocycles. The highest BCUT2D eigenvalue weighted by Gasteiger charge is 2.23. The fraction of sp³-hybridized carbons (Fsp3) is 0.500. The molecule has 1 rings (SSSR count). The standard InChI is InChI=1S/C12H15Cl2FN2O3/c1-4-5(2)19-12(18)6(3)20-11-8(14)9(16)7(13)10(15)17-11/h5-6H,4H2,1-3H3,(H2,16,17)/t5?,6-/m1/s1. The van der Waals surface area contributed by atoms with Crippen molar-refractivity contribution in [2.45, 2.75) is 39.4 Å². The van der Waals surface area contributed by atoms with E-state index in [9.17, 15) is 9.18 Å². The van der Waals surface area contributed by atoms with Gasteiger partial charge in [-0.25, -0.2) is 4.79 Å². The van der Waals surface area contributed by atoms with E-state index in [1.165, 1.54) is 6.92 Å². The number of esters is 1. The highest BCUT2D eigenvalue weighted by molar-refractivity contribution is 6.39. The largest absolute Gasteiger partial charge is 0.461 e. The molecule has 1 aromatic rings. The highest BCUT2D eigenvalue weighted by atomic mass is 35.5. The number of anilines is 1. The van der Waals surface area contributed by atoms with E-state index in [4.69, 9.17) is 38.4 Å². The van der Waals surface area contributed by atoms with E-state index in [-0.39, 0.29) is 22.7 Å². The van der Waals surface area contributed by atoms with Crippen molar-refractivity contribution in [1.82, 2.24) is 4.98 Å². The van der Waals surface area contributed by atoms with Gasteiger partial charge in [0.2, 0.25) is 11.8 Å². The zero-order chi connectivity index (χ0) is 15.4. The lowest BCUT2D eigenvalue weighted by atomic mass is 10.3. The third-order valence-corrected chi connectivity index (χ3v) is 3.28. The lowest BCUT2D eigenvalue weighted by Crippen LogP contribution is -2.29. The van der Waals surface area contributed by atoms with E-state index in [0.717, 1.165) is 0 Å². The molecule has 20 heavy (non-hydrogen) atoms. The summed E-state index contributed by atoms with van der Waals surface area (Å²) in [5.41, 5.74) is 5.30. The first-order valence-corrected chi connectivity index (χ1v) is 6.70. The second-order valence-corrected chi connectivity index (χ2v) is 4.92. The smallest absolute Gasteiger partial charge is 0.347 e. The van der Waals surface area contributed by atoms with Crippen LogP contribution in [0.3, 0.4) is 0 Å².